The van der Waals surface area contributed by atoms with Crippen molar-refractivity contribution in [3.8, 4) is 5.95 Å². The number of hydrogen-bond acceptors (Lipinski definition) is 8. The van der Waals surface area contributed by atoms with Gasteiger partial charge in [-0.2, -0.15) is 20.1 Å². The standard InChI is InChI=1S/C12H14N8O/c13-19-11-16-10(14-6-4-9-3-1-8-21-9)17-12(18-11)20-7-2-5-15-20/h1-3,5,7-8H,4,6,13H2,(H2,14,16,17,18,19). The molecule has 0 amide bonds. The van der Waals surface area contributed by atoms with Crippen molar-refractivity contribution >= 4 is 11.9 Å². The van der Waals surface area contributed by atoms with E-state index in [0.717, 1.165) is 12.2 Å². The first-order valence-electron chi connectivity index (χ1n) is 6.34. The average Bonchev–Trinajstić information content (AvgIpc) is 3.20. The van der Waals surface area contributed by atoms with Gasteiger partial charge in [0, 0.05) is 25.4 Å². The van der Waals surface area contributed by atoms with Crippen molar-refractivity contribution in [1.29, 1.82) is 0 Å². The summed E-state index contributed by atoms with van der Waals surface area (Å²) in [5.41, 5.74) is 2.41. The molecule has 0 bridgehead atoms. The molecule has 3 aromatic rings. The highest BCUT2D eigenvalue weighted by atomic mass is 16.3. The summed E-state index contributed by atoms with van der Waals surface area (Å²) in [4.78, 5) is 12.6. The highest BCUT2D eigenvalue weighted by Crippen LogP contribution is 2.08. The zero-order chi connectivity index (χ0) is 14.5. The van der Waals surface area contributed by atoms with E-state index in [1.165, 1.54) is 4.68 Å². The Bertz CT molecular complexity index is 679. The van der Waals surface area contributed by atoms with Crippen LogP contribution < -0.4 is 16.6 Å². The van der Waals surface area contributed by atoms with E-state index in [1.807, 2.05) is 12.1 Å². The lowest BCUT2D eigenvalue weighted by Crippen LogP contribution is -2.16. The molecule has 3 rings (SSSR count). The molecule has 3 aromatic heterocycles. The maximum Gasteiger partial charge on any atom is 0.257 e. The van der Waals surface area contributed by atoms with Crippen LogP contribution in [-0.2, 0) is 6.42 Å². The summed E-state index contributed by atoms with van der Waals surface area (Å²) in [6.45, 7) is 0.625. The fourth-order valence-corrected chi connectivity index (χ4v) is 1.75. The van der Waals surface area contributed by atoms with Crippen molar-refractivity contribution in [1.82, 2.24) is 24.7 Å². The second-order valence-corrected chi connectivity index (χ2v) is 4.13. The van der Waals surface area contributed by atoms with Crippen molar-refractivity contribution in [2.24, 2.45) is 5.84 Å². The first-order valence-corrected chi connectivity index (χ1v) is 6.34. The molecule has 108 valence electrons. The second kappa shape index (κ2) is 6.01. The van der Waals surface area contributed by atoms with Crippen LogP contribution in [0.3, 0.4) is 0 Å². The molecular weight excluding hydrogens is 272 g/mol. The molecule has 0 unspecified atom stereocenters. The predicted octanol–water partition coefficient (Wildman–Crippen LogP) is 0.590. The first-order chi connectivity index (χ1) is 10.3. The number of hydrazine groups is 1. The molecular formula is C12H14N8O. The third-order valence-corrected chi connectivity index (χ3v) is 2.70. The minimum atomic E-state index is 0.260. The van der Waals surface area contributed by atoms with Crippen molar-refractivity contribution in [3.05, 3.63) is 42.6 Å². The molecule has 9 nitrogen and oxygen atoms in total. The SMILES string of the molecule is NNc1nc(NCCc2ccco2)nc(-n2cccn2)n1. The van der Waals surface area contributed by atoms with Crippen molar-refractivity contribution in [2.45, 2.75) is 6.42 Å². The summed E-state index contributed by atoms with van der Waals surface area (Å²) in [5.74, 6) is 7.31. The Morgan fingerprint density at radius 1 is 1.19 bits per heavy atom. The van der Waals surface area contributed by atoms with Crippen LogP contribution in [0.4, 0.5) is 11.9 Å². The average molecular weight is 286 g/mol. The summed E-state index contributed by atoms with van der Waals surface area (Å²) >= 11 is 0. The van der Waals surface area contributed by atoms with Gasteiger partial charge in [-0.15, -0.1) is 0 Å². The number of rotatable bonds is 6. The van der Waals surface area contributed by atoms with Crippen LogP contribution in [0.5, 0.6) is 0 Å². The number of nitrogens with one attached hydrogen (secondary N) is 2. The van der Waals surface area contributed by atoms with E-state index in [2.05, 4.69) is 30.8 Å². The third kappa shape index (κ3) is 3.15. The monoisotopic (exact) mass is 286 g/mol. The molecule has 9 heteroatoms. The predicted molar refractivity (Wildman–Crippen MR) is 75.7 cm³/mol. The van der Waals surface area contributed by atoms with Crippen LogP contribution in [0.15, 0.2) is 41.3 Å². The molecule has 0 saturated carbocycles. The highest BCUT2D eigenvalue weighted by Gasteiger charge is 2.07. The molecule has 0 atom stereocenters. The van der Waals surface area contributed by atoms with Crippen LogP contribution in [0.25, 0.3) is 5.95 Å². The van der Waals surface area contributed by atoms with Crippen LogP contribution in [0.2, 0.25) is 0 Å². The molecule has 0 aliphatic rings. The quantitative estimate of drug-likeness (QED) is 0.445. The highest BCUT2D eigenvalue weighted by molar-refractivity contribution is 5.36. The van der Waals surface area contributed by atoms with E-state index in [1.54, 1.807) is 24.7 Å². The molecule has 4 N–H and O–H groups in total. The molecule has 0 fully saturated rings. The maximum absolute atomic E-state index is 5.37. The maximum atomic E-state index is 5.37. The van der Waals surface area contributed by atoms with Gasteiger partial charge in [-0.05, 0) is 18.2 Å². The molecule has 0 spiro atoms. The number of aromatic nitrogens is 5. The summed E-state index contributed by atoms with van der Waals surface area (Å²) in [5, 5.41) is 7.18. The minimum Gasteiger partial charge on any atom is -0.469 e. The summed E-state index contributed by atoms with van der Waals surface area (Å²) in [6.07, 6.45) is 5.75. The molecule has 0 aromatic carbocycles. The summed E-state index contributed by atoms with van der Waals surface area (Å²) < 4.78 is 6.79. The van der Waals surface area contributed by atoms with Crippen LogP contribution in [-0.4, -0.2) is 31.3 Å². The number of nitrogen functional groups attached to an aromatic ring is 1. The minimum absolute atomic E-state index is 0.260. The van der Waals surface area contributed by atoms with E-state index in [0.29, 0.717) is 18.4 Å². The number of nitrogens with zero attached hydrogens (tertiary/aromatic N) is 5. The Hall–Kier alpha value is -2.94. The smallest absolute Gasteiger partial charge is 0.257 e. The molecule has 0 radical (unpaired) electrons. The number of furan rings is 1. The topological polar surface area (TPSA) is 120 Å². The Morgan fingerprint density at radius 3 is 2.81 bits per heavy atom. The molecule has 0 aliphatic heterocycles. The number of anilines is 2. The third-order valence-electron chi connectivity index (χ3n) is 2.70. The Kier molecular flexibility index (Phi) is 3.74. The Morgan fingerprint density at radius 2 is 2.10 bits per heavy atom. The van der Waals surface area contributed by atoms with Crippen LogP contribution >= 0.6 is 0 Å². The van der Waals surface area contributed by atoms with Crippen molar-refractivity contribution in [2.75, 3.05) is 17.3 Å². The van der Waals surface area contributed by atoms with Gasteiger partial charge >= 0.3 is 0 Å². The second-order valence-electron chi connectivity index (χ2n) is 4.13. The van der Waals surface area contributed by atoms with Gasteiger partial charge in [0.25, 0.3) is 5.95 Å². The van der Waals surface area contributed by atoms with Crippen LogP contribution in [0, 0.1) is 0 Å². The van der Waals surface area contributed by atoms with Crippen molar-refractivity contribution in [3.63, 3.8) is 0 Å². The Balaban J connectivity index is 1.73. The van der Waals surface area contributed by atoms with E-state index >= 15 is 0 Å². The fourth-order valence-electron chi connectivity index (χ4n) is 1.75. The number of nitrogens with two attached hydrogens (primary N) is 1. The lowest BCUT2D eigenvalue weighted by atomic mass is 10.3. The molecule has 0 aliphatic carbocycles. The van der Waals surface area contributed by atoms with Crippen molar-refractivity contribution < 1.29 is 4.42 Å². The zero-order valence-electron chi connectivity index (χ0n) is 11.1. The van der Waals surface area contributed by atoms with Gasteiger partial charge in [0.2, 0.25) is 11.9 Å². The summed E-state index contributed by atoms with van der Waals surface area (Å²) in [7, 11) is 0. The van der Waals surface area contributed by atoms with Gasteiger partial charge in [-0.1, -0.05) is 0 Å². The fraction of sp³-hybridized carbons (Fsp3) is 0.167. The normalized spacial score (nSPS) is 10.5. The van der Waals surface area contributed by atoms with E-state index in [-0.39, 0.29) is 5.95 Å². The molecule has 3 heterocycles. The number of hydrogen-bond donors (Lipinski definition) is 3. The van der Waals surface area contributed by atoms with Gasteiger partial charge < -0.3 is 9.73 Å². The van der Waals surface area contributed by atoms with Gasteiger partial charge in [-0.3, -0.25) is 5.43 Å². The lowest BCUT2D eigenvalue weighted by Gasteiger charge is -2.07. The van der Waals surface area contributed by atoms with E-state index in [9.17, 15) is 0 Å². The lowest BCUT2D eigenvalue weighted by molar-refractivity contribution is 0.512. The van der Waals surface area contributed by atoms with Crippen LogP contribution in [0.1, 0.15) is 5.76 Å². The van der Waals surface area contributed by atoms with Gasteiger partial charge in [0.15, 0.2) is 0 Å². The zero-order valence-corrected chi connectivity index (χ0v) is 11.1. The molecule has 0 saturated heterocycles. The summed E-state index contributed by atoms with van der Waals surface area (Å²) in [6, 6.07) is 5.55. The Labute approximate surface area is 120 Å². The first kappa shape index (κ1) is 13.1. The van der Waals surface area contributed by atoms with Gasteiger partial charge in [0.1, 0.15) is 5.76 Å². The van der Waals surface area contributed by atoms with Gasteiger partial charge in [0.05, 0.1) is 6.26 Å². The van der Waals surface area contributed by atoms with E-state index in [4.69, 9.17) is 10.3 Å². The molecule has 21 heavy (non-hydrogen) atoms. The van der Waals surface area contributed by atoms with E-state index < -0.39 is 0 Å². The van der Waals surface area contributed by atoms with Gasteiger partial charge in [-0.25, -0.2) is 10.5 Å². The largest absolute Gasteiger partial charge is 0.469 e.